The Morgan fingerprint density at radius 3 is 2.69 bits per heavy atom. The lowest BCUT2D eigenvalue weighted by Gasteiger charge is -2.30. The monoisotopic (exact) mass is 463 g/mol. The summed E-state index contributed by atoms with van der Waals surface area (Å²) in [4.78, 5) is 25.5. The average molecular weight is 464 g/mol. The van der Waals surface area contributed by atoms with Gasteiger partial charge in [-0.05, 0) is 43.5 Å². The summed E-state index contributed by atoms with van der Waals surface area (Å²) in [6.07, 6.45) is 0.555. The van der Waals surface area contributed by atoms with Crippen molar-refractivity contribution in [3.05, 3.63) is 62.7 Å². The molecular weight excluding hydrogens is 437 g/mol. The Labute approximate surface area is 191 Å². The summed E-state index contributed by atoms with van der Waals surface area (Å²) < 4.78 is 15.1. The Balaban J connectivity index is 1.61. The van der Waals surface area contributed by atoms with E-state index in [1.165, 1.54) is 23.2 Å². The summed E-state index contributed by atoms with van der Waals surface area (Å²) in [5.41, 5.74) is 7.00. The second-order valence-electron chi connectivity index (χ2n) is 7.80. The lowest BCUT2D eigenvalue weighted by molar-refractivity contribution is -0.132. The van der Waals surface area contributed by atoms with Crippen LogP contribution in [0.5, 0.6) is 0 Å². The molecule has 1 aliphatic heterocycles. The lowest BCUT2D eigenvalue weighted by atomic mass is 9.98. The molecule has 0 saturated heterocycles. The van der Waals surface area contributed by atoms with E-state index in [1.807, 2.05) is 13.8 Å². The maximum atomic E-state index is 13.5. The second kappa shape index (κ2) is 10.2. The van der Waals surface area contributed by atoms with Gasteiger partial charge in [-0.1, -0.05) is 23.2 Å². The molecule has 10 heteroatoms. The van der Waals surface area contributed by atoms with Crippen LogP contribution < -0.4 is 10.7 Å². The van der Waals surface area contributed by atoms with Crippen LogP contribution >= 0.6 is 11.6 Å². The van der Waals surface area contributed by atoms with Crippen LogP contribution in [0.4, 0.5) is 4.39 Å². The zero-order chi connectivity index (χ0) is 23.4. The van der Waals surface area contributed by atoms with E-state index in [-0.39, 0.29) is 31.4 Å². The van der Waals surface area contributed by atoms with Crippen LogP contribution in [-0.2, 0) is 36.3 Å². The van der Waals surface area contributed by atoms with E-state index in [0.717, 1.165) is 16.8 Å². The highest BCUT2D eigenvalue weighted by Gasteiger charge is 2.27. The van der Waals surface area contributed by atoms with E-state index in [9.17, 15) is 19.1 Å². The van der Waals surface area contributed by atoms with Crippen LogP contribution in [0.3, 0.4) is 0 Å². The molecule has 1 aliphatic rings. The van der Waals surface area contributed by atoms with Gasteiger partial charge in [-0.25, -0.2) is 9.82 Å². The van der Waals surface area contributed by atoms with Gasteiger partial charge in [-0.3, -0.25) is 19.3 Å². The Morgan fingerprint density at radius 1 is 1.28 bits per heavy atom. The minimum Gasteiger partial charge on any atom is -0.392 e. The summed E-state index contributed by atoms with van der Waals surface area (Å²) in [5.74, 6) is -1.06. The number of nitrogens with one attached hydrogen (secondary N) is 2. The van der Waals surface area contributed by atoms with Gasteiger partial charge in [0.1, 0.15) is 11.0 Å². The van der Waals surface area contributed by atoms with E-state index in [4.69, 9.17) is 11.6 Å². The molecule has 3 rings (SSSR count). The number of hydrogen-bond donors (Lipinski definition) is 3. The van der Waals surface area contributed by atoms with Crippen molar-refractivity contribution in [3.8, 4) is 0 Å². The average Bonchev–Trinajstić information content (AvgIpc) is 3.00. The SMILES string of the molecule is CC1=C(CC(=O)NCc2cc(F)ccc2CO)C(=O)N(NCc2c(C)nn(C)c2Cl)CC1. The molecule has 0 radical (unpaired) electrons. The van der Waals surface area contributed by atoms with Gasteiger partial charge in [0, 0.05) is 37.8 Å². The molecule has 32 heavy (non-hydrogen) atoms. The van der Waals surface area contributed by atoms with Gasteiger partial charge < -0.3 is 10.4 Å². The van der Waals surface area contributed by atoms with Crippen molar-refractivity contribution >= 4 is 23.4 Å². The Kier molecular flexibility index (Phi) is 7.65. The molecule has 0 atom stereocenters. The zero-order valence-electron chi connectivity index (χ0n) is 18.3. The number of aliphatic hydroxyl groups excluding tert-OH is 1. The number of hydrazine groups is 1. The molecule has 0 spiro atoms. The first-order valence-corrected chi connectivity index (χ1v) is 10.7. The van der Waals surface area contributed by atoms with Gasteiger partial charge in [0.2, 0.25) is 5.91 Å². The summed E-state index contributed by atoms with van der Waals surface area (Å²) >= 11 is 6.26. The number of halogens is 2. The third kappa shape index (κ3) is 5.35. The summed E-state index contributed by atoms with van der Waals surface area (Å²) in [6.45, 7) is 4.32. The minimum absolute atomic E-state index is 0.0632. The van der Waals surface area contributed by atoms with Crippen molar-refractivity contribution in [1.82, 2.24) is 25.5 Å². The predicted octanol–water partition coefficient (Wildman–Crippen LogP) is 2.27. The predicted molar refractivity (Wildman–Crippen MR) is 118 cm³/mol. The van der Waals surface area contributed by atoms with Crippen molar-refractivity contribution in [2.45, 2.75) is 46.4 Å². The smallest absolute Gasteiger partial charge is 0.264 e. The summed E-state index contributed by atoms with van der Waals surface area (Å²) in [6, 6.07) is 4.01. The van der Waals surface area contributed by atoms with Gasteiger partial charge in [0.25, 0.3) is 5.91 Å². The molecule has 172 valence electrons. The molecule has 2 heterocycles. The Hall–Kier alpha value is -2.75. The van der Waals surface area contributed by atoms with Crippen molar-refractivity contribution < 1.29 is 19.1 Å². The fourth-order valence-corrected chi connectivity index (χ4v) is 3.88. The molecule has 2 aromatic rings. The van der Waals surface area contributed by atoms with E-state index >= 15 is 0 Å². The Bertz CT molecular complexity index is 1070. The number of nitrogens with zero attached hydrogens (tertiary/aromatic N) is 3. The van der Waals surface area contributed by atoms with Gasteiger partial charge in [0.15, 0.2) is 0 Å². The van der Waals surface area contributed by atoms with Gasteiger partial charge in [0.05, 0.1) is 18.7 Å². The first kappa shape index (κ1) is 23.9. The van der Waals surface area contributed by atoms with Crippen LogP contribution in [0.15, 0.2) is 29.3 Å². The molecule has 8 nitrogen and oxygen atoms in total. The van der Waals surface area contributed by atoms with E-state index < -0.39 is 5.82 Å². The van der Waals surface area contributed by atoms with E-state index in [1.54, 1.807) is 11.7 Å². The third-order valence-corrected chi connectivity index (χ3v) is 6.07. The maximum absolute atomic E-state index is 13.5. The van der Waals surface area contributed by atoms with Gasteiger partial charge >= 0.3 is 0 Å². The molecule has 2 amide bonds. The summed E-state index contributed by atoms with van der Waals surface area (Å²) in [7, 11) is 1.75. The zero-order valence-corrected chi connectivity index (χ0v) is 19.1. The number of amides is 2. The number of benzene rings is 1. The van der Waals surface area contributed by atoms with Crippen LogP contribution in [0.2, 0.25) is 5.15 Å². The highest BCUT2D eigenvalue weighted by molar-refractivity contribution is 6.30. The Morgan fingerprint density at radius 2 is 2.03 bits per heavy atom. The largest absolute Gasteiger partial charge is 0.392 e. The molecule has 0 bridgehead atoms. The molecular formula is C22H27ClFN5O3. The number of carbonyl (C=O) groups excluding carboxylic acids is 2. The van der Waals surface area contributed by atoms with E-state index in [2.05, 4.69) is 15.8 Å². The fourth-order valence-electron chi connectivity index (χ4n) is 3.63. The van der Waals surface area contributed by atoms with Crippen molar-refractivity contribution in [1.29, 1.82) is 0 Å². The first-order valence-electron chi connectivity index (χ1n) is 10.3. The highest BCUT2D eigenvalue weighted by atomic mass is 35.5. The number of carbonyl (C=O) groups is 2. The number of aliphatic hydroxyl groups is 1. The molecule has 0 aliphatic carbocycles. The normalized spacial score (nSPS) is 14.3. The highest BCUT2D eigenvalue weighted by Crippen LogP contribution is 2.22. The van der Waals surface area contributed by atoms with Crippen molar-refractivity contribution in [2.75, 3.05) is 6.54 Å². The maximum Gasteiger partial charge on any atom is 0.264 e. The minimum atomic E-state index is -0.446. The molecule has 0 fully saturated rings. The molecule has 3 N–H and O–H groups in total. The van der Waals surface area contributed by atoms with E-state index in [0.29, 0.717) is 41.4 Å². The van der Waals surface area contributed by atoms with Gasteiger partial charge in [-0.2, -0.15) is 5.10 Å². The molecule has 0 unspecified atom stereocenters. The van der Waals surface area contributed by atoms with Crippen LogP contribution in [0.1, 0.15) is 42.1 Å². The van der Waals surface area contributed by atoms with Crippen LogP contribution in [0, 0.1) is 12.7 Å². The number of hydrogen-bond acceptors (Lipinski definition) is 5. The van der Waals surface area contributed by atoms with Crippen molar-refractivity contribution in [3.63, 3.8) is 0 Å². The van der Waals surface area contributed by atoms with Gasteiger partial charge in [-0.15, -0.1) is 0 Å². The third-order valence-electron chi connectivity index (χ3n) is 5.60. The first-order chi connectivity index (χ1) is 15.2. The lowest BCUT2D eigenvalue weighted by Crippen LogP contribution is -2.47. The van der Waals surface area contributed by atoms with Crippen LogP contribution in [-0.4, -0.2) is 38.3 Å². The number of aromatic nitrogens is 2. The van der Waals surface area contributed by atoms with Crippen molar-refractivity contribution in [2.24, 2.45) is 7.05 Å². The second-order valence-corrected chi connectivity index (χ2v) is 8.16. The quantitative estimate of drug-likeness (QED) is 0.557. The molecule has 1 aromatic carbocycles. The molecule has 0 saturated carbocycles. The van der Waals surface area contributed by atoms with Crippen LogP contribution in [0.25, 0.3) is 0 Å². The standard InChI is InChI=1S/C22H27ClFN5O3/c1-13-6-7-29(26-11-19-14(2)27-28(3)21(19)23)22(32)18(13)9-20(31)25-10-16-8-17(24)5-4-15(16)12-30/h4-5,8,26,30H,6-7,9-12H2,1-3H3,(H,25,31). The molecule has 1 aromatic heterocycles. The fraction of sp³-hybridized carbons (Fsp3) is 0.409. The topological polar surface area (TPSA) is 99.5 Å². The number of rotatable bonds is 8. The summed E-state index contributed by atoms with van der Waals surface area (Å²) in [5, 5.41) is 18.4. The number of aryl methyl sites for hydroxylation is 2.